The van der Waals surface area contributed by atoms with E-state index in [4.69, 9.17) is 10.5 Å². The predicted molar refractivity (Wildman–Crippen MR) is 82.5 cm³/mol. The molecule has 0 aromatic rings. The van der Waals surface area contributed by atoms with Crippen molar-refractivity contribution in [1.29, 1.82) is 0 Å². The molecule has 0 radical (unpaired) electrons. The smallest absolute Gasteiger partial charge is 0.219 e. The Balaban J connectivity index is 2.37. The SMILES string of the molecule is CNC(=O)CCCOC1(CN)CCC(C(C)(C)C)CC1. The summed E-state index contributed by atoms with van der Waals surface area (Å²) < 4.78 is 6.07. The molecule has 1 amide bonds. The van der Waals surface area contributed by atoms with E-state index in [1.807, 2.05) is 0 Å². The molecule has 0 spiro atoms. The quantitative estimate of drug-likeness (QED) is 0.736. The lowest BCUT2D eigenvalue weighted by atomic mass is 9.68. The number of nitrogens with one attached hydrogen (secondary N) is 1. The molecule has 0 aliphatic heterocycles. The maximum Gasteiger partial charge on any atom is 0.219 e. The topological polar surface area (TPSA) is 64.3 Å². The zero-order valence-electron chi connectivity index (χ0n) is 13.6. The second kappa shape index (κ2) is 7.41. The van der Waals surface area contributed by atoms with Gasteiger partial charge in [0.15, 0.2) is 0 Å². The van der Waals surface area contributed by atoms with Crippen molar-refractivity contribution in [2.24, 2.45) is 17.1 Å². The number of nitrogens with two attached hydrogens (primary N) is 1. The molecule has 118 valence electrons. The third kappa shape index (κ3) is 5.06. The first-order valence-electron chi connectivity index (χ1n) is 7.87. The van der Waals surface area contributed by atoms with Gasteiger partial charge >= 0.3 is 0 Å². The van der Waals surface area contributed by atoms with Gasteiger partial charge in [0.1, 0.15) is 0 Å². The molecule has 3 N–H and O–H groups in total. The monoisotopic (exact) mass is 284 g/mol. The number of hydrogen-bond acceptors (Lipinski definition) is 3. The van der Waals surface area contributed by atoms with E-state index in [0.717, 1.165) is 25.2 Å². The minimum Gasteiger partial charge on any atom is -0.374 e. The van der Waals surface area contributed by atoms with E-state index >= 15 is 0 Å². The molecule has 0 unspecified atom stereocenters. The molecule has 20 heavy (non-hydrogen) atoms. The van der Waals surface area contributed by atoms with Gasteiger partial charge in [0.25, 0.3) is 0 Å². The van der Waals surface area contributed by atoms with Gasteiger partial charge in [-0.1, -0.05) is 20.8 Å². The van der Waals surface area contributed by atoms with Gasteiger partial charge in [-0.25, -0.2) is 0 Å². The Morgan fingerprint density at radius 1 is 1.35 bits per heavy atom. The van der Waals surface area contributed by atoms with E-state index in [1.54, 1.807) is 7.05 Å². The summed E-state index contributed by atoms with van der Waals surface area (Å²) in [5.74, 6) is 0.837. The molecular weight excluding hydrogens is 252 g/mol. The van der Waals surface area contributed by atoms with Crippen LogP contribution in [0.25, 0.3) is 0 Å². The second-order valence-electron chi connectivity index (χ2n) is 7.15. The number of carbonyl (C=O) groups is 1. The van der Waals surface area contributed by atoms with Crippen LogP contribution in [0.1, 0.15) is 59.3 Å². The molecule has 0 aromatic carbocycles. The van der Waals surface area contributed by atoms with Crippen molar-refractivity contribution in [1.82, 2.24) is 5.32 Å². The van der Waals surface area contributed by atoms with Crippen LogP contribution in [0.3, 0.4) is 0 Å². The van der Waals surface area contributed by atoms with Gasteiger partial charge in [0.2, 0.25) is 5.91 Å². The Bertz CT molecular complexity index is 302. The third-order valence-electron chi connectivity index (χ3n) is 4.73. The van der Waals surface area contributed by atoms with Crippen molar-refractivity contribution < 1.29 is 9.53 Å². The van der Waals surface area contributed by atoms with Gasteiger partial charge in [-0.3, -0.25) is 4.79 Å². The Morgan fingerprint density at radius 2 is 1.95 bits per heavy atom. The van der Waals surface area contributed by atoms with E-state index in [9.17, 15) is 4.79 Å². The number of ether oxygens (including phenoxy) is 1. The predicted octanol–water partition coefficient (Wildman–Crippen LogP) is 2.46. The molecule has 0 aromatic heterocycles. The van der Waals surface area contributed by atoms with E-state index in [0.29, 0.717) is 25.0 Å². The minimum absolute atomic E-state index is 0.0758. The van der Waals surface area contributed by atoms with Crippen LogP contribution in [0.15, 0.2) is 0 Å². The van der Waals surface area contributed by atoms with E-state index in [1.165, 1.54) is 12.8 Å². The summed E-state index contributed by atoms with van der Waals surface area (Å²) in [5, 5.41) is 2.63. The Kier molecular flexibility index (Phi) is 6.46. The summed E-state index contributed by atoms with van der Waals surface area (Å²) in [6.07, 6.45) is 5.77. The molecule has 1 aliphatic carbocycles. The zero-order chi connectivity index (χ0) is 15.2. The van der Waals surface area contributed by atoms with Gasteiger partial charge in [-0.05, 0) is 43.4 Å². The normalized spacial score (nSPS) is 27.4. The van der Waals surface area contributed by atoms with Crippen molar-refractivity contribution in [3.8, 4) is 0 Å². The third-order valence-corrected chi connectivity index (χ3v) is 4.73. The van der Waals surface area contributed by atoms with E-state index < -0.39 is 0 Å². The molecule has 4 nitrogen and oxygen atoms in total. The minimum atomic E-state index is -0.148. The van der Waals surface area contributed by atoms with Crippen LogP contribution in [0, 0.1) is 11.3 Å². The summed E-state index contributed by atoms with van der Waals surface area (Å²) in [5.41, 5.74) is 6.18. The van der Waals surface area contributed by atoms with E-state index in [2.05, 4.69) is 26.1 Å². The van der Waals surface area contributed by atoms with Crippen molar-refractivity contribution in [2.75, 3.05) is 20.2 Å². The Morgan fingerprint density at radius 3 is 2.40 bits per heavy atom. The number of amides is 1. The summed E-state index contributed by atoms with van der Waals surface area (Å²) in [6.45, 7) is 8.17. The van der Waals surface area contributed by atoms with Crippen LogP contribution in [0.5, 0.6) is 0 Å². The molecule has 1 fully saturated rings. The Labute approximate surface area is 123 Å². The van der Waals surface area contributed by atoms with Gasteiger partial charge < -0.3 is 15.8 Å². The molecule has 0 saturated heterocycles. The highest BCUT2D eigenvalue weighted by Gasteiger charge is 2.38. The van der Waals surface area contributed by atoms with Gasteiger partial charge in [0, 0.05) is 26.6 Å². The van der Waals surface area contributed by atoms with Crippen molar-refractivity contribution in [3.63, 3.8) is 0 Å². The molecule has 1 rings (SSSR count). The number of carbonyl (C=O) groups excluding carboxylic acids is 1. The summed E-state index contributed by atoms with van der Waals surface area (Å²) >= 11 is 0. The number of rotatable bonds is 6. The van der Waals surface area contributed by atoms with E-state index in [-0.39, 0.29) is 11.5 Å². The van der Waals surface area contributed by atoms with Crippen molar-refractivity contribution >= 4 is 5.91 Å². The first-order chi connectivity index (χ1) is 9.33. The van der Waals surface area contributed by atoms with Gasteiger partial charge in [-0.2, -0.15) is 0 Å². The average molecular weight is 284 g/mol. The summed E-state index contributed by atoms with van der Waals surface area (Å²) in [6, 6.07) is 0. The zero-order valence-corrected chi connectivity index (χ0v) is 13.6. The van der Waals surface area contributed by atoms with Gasteiger partial charge in [-0.15, -0.1) is 0 Å². The highest BCUT2D eigenvalue weighted by Crippen LogP contribution is 2.42. The molecular formula is C16H32N2O2. The lowest BCUT2D eigenvalue weighted by Crippen LogP contribution is -2.45. The average Bonchev–Trinajstić information content (AvgIpc) is 2.42. The standard InChI is InChI=1S/C16H32N2O2/c1-15(2,3)13-7-9-16(12-17,10-8-13)20-11-5-6-14(19)18-4/h13H,5-12,17H2,1-4H3,(H,18,19). The highest BCUT2D eigenvalue weighted by molar-refractivity contribution is 5.75. The molecule has 0 bridgehead atoms. The lowest BCUT2D eigenvalue weighted by Gasteiger charge is -2.43. The largest absolute Gasteiger partial charge is 0.374 e. The Hall–Kier alpha value is -0.610. The maximum absolute atomic E-state index is 11.2. The van der Waals surface area contributed by atoms with Crippen LogP contribution in [0.4, 0.5) is 0 Å². The molecule has 1 aliphatic rings. The fourth-order valence-corrected chi connectivity index (χ4v) is 3.06. The van der Waals surface area contributed by atoms with Crippen LogP contribution in [-0.4, -0.2) is 31.7 Å². The molecule has 4 heteroatoms. The van der Waals surface area contributed by atoms with Crippen molar-refractivity contribution in [3.05, 3.63) is 0 Å². The first kappa shape index (κ1) is 17.4. The van der Waals surface area contributed by atoms with Crippen LogP contribution >= 0.6 is 0 Å². The van der Waals surface area contributed by atoms with Crippen LogP contribution in [0.2, 0.25) is 0 Å². The van der Waals surface area contributed by atoms with Crippen molar-refractivity contribution in [2.45, 2.75) is 64.9 Å². The fraction of sp³-hybridized carbons (Fsp3) is 0.938. The summed E-state index contributed by atoms with van der Waals surface area (Å²) in [4.78, 5) is 11.2. The lowest BCUT2D eigenvalue weighted by molar-refractivity contribution is -0.122. The highest BCUT2D eigenvalue weighted by atomic mass is 16.5. The molecule has 0 heterocycles. The fourth-order valence-electron chi connectivity index (χ4n) is 3.06. The molecule has 0 atom stereocenters. The second-order valence-corrected chi connectivity index (χ2v) is 7.15. The van der Waals surface area contributed by atoms with Crippen LogP contribution in [-0.2, 0) is 9.53 Å². The molecule has 1 saturated carbocycles. The van der Waals surface area contributed by atoms with Crippen LogP contribution < -0.4 is 11.1 Å². The summed E-state index contributed by atoms with van der Waals surface area (Å²) in [7, 11) is 1.67. The first-order valence-corrected chi connectivity index (χ1v) is 7.87. The van der Waals surface area contributed by atoms with Gasteiger partial charge in [0.05, 0.1) is 5.60 Å². The number of hydrogen-bond donors (Lipinski definition) is 2. The maximum atomic E-state index is 11.2.